The fraction of sp³-hybridized carbons (Fsp3) is 0.522. The van der Waals surface area contributed by atoms with Crippen LogP contribution in [0.4, 0.5) is 0 Å². The molecule has 0 atom stereocenters. The number of hydrogen-bond acceptors (Lipinski definition) is 4. The number of rotatable bonds is 9. The highest BCUT2D eigenvalue weighted by atomic mass is 32.1. The minimum Gasteiger partial charge on any atom is -0.356 e. The third kappa shape index (κ3) is 6.96. The van der Waals surface area contributed by atoms with Gasteiger partial charge in [-0.15, -0.1) is 11.3 Å². The summed E-state index contributed by atoms with van der Waals surface area (Å²) < 4.78 is 0. The van der Waals surface area contributed by atoms with Gasteiger partial charge in [-0.05, 0) is 51.0 Å². The summed E-state index contributed by atoms with van der Waals surface area (Å²) in [5, 5.41) is 6.33. The summed E-state index contributed by atoms with van der Waals surface area (Å²) in [6, 6.07) is 10.1. The Balaban J connectivity index is 1.28. The molecule has 2 amide bonds. The van der Waals surface area contributed by atoms with Crippen molar-refractivity contribution in [3.63, 3.8) is 0 Å². The van der Waals surface area contributed by atoms with Gasteiger partial charge in [0.2, 0.25) is 11.8 Å². The van der Waals surface area contributed by atoms with E-state index in [0.717, 1.165) is 50.8 Å². The first-order valence-electron chi connectivity index (χ1n) is 10.6. The molecule has 6 heteroatoms. The van der Waals surface area contributed by atoms with Crippen molar-refractivity contribution in [3.8, 4) is 0 Å². The lowest BCUT2D eigenvalue weighted by atomic mass is 9.95. The lowest BCUT2D eigenvalue weighted by Crippen LogP contribution is -2.43. The van der Waals surface area contributed by atoms with Crippen molar-refractivity contribution in [2.45, 2.75) is 51.9 Å². The minimum atomic E-state index is 0.0368. The van der Waals surface area contributed by atoms with Crippen molar-refractivity contribution in [2.24, 2.45) is 5.92 Å². The standard InChI is InChI=1S/C23H31N3O2S/c1-18-17-29-21(25-18)9-5-6-14-24-23(28)20-12-15-26(16-13-20)22(27)11-10-19-7-3-2-4-8-19/h2-4,7-8,17,20H,5-6,9-16H2,1H3,(H,24,28). The monoisotopic (exact) mass is 413 g/mol. The van der Waals surface area contributed by atoms with Gasteiger partial charge >= 0.3 is 0 Å². The molecule has 1 saturated heterocycles. The molecular formula is C23H31N3O2S. The number of aryl methyl sites for hydroxylation is 3. The Hall–Kier alpha value is -2.21. The maximum Gasteiger partial charge on any atom is 0.223 e. The fourth-order valence-electron chi connectivity index (χ4n) is 3.72. The van der Waals surface area contributed by atoms with Crippen molar-refractivity contribution < 1.29 is 9.59 Å². The molecule has 0 aliphatic carbocycles. The van der Waals surface area contributed by atoms with Crippen molar-refractivity contribution >= 4 is 23.2 Å². The SMILES string of the molecule is Cc1csc(CCCCNC(=O)C2CCN(C(=O)CCc3ccccc3)CC2)n1. The summed E-state index contributed by atoms with van der Waals surface area (Å²) in [5.41, 5.74) is 2.28. The molecule has 2 aromatic rings. The van der Waals surface area contributed by atoms with E-state index in [1.165, 1.54) is 10.6 Å². The number of unbranched alkanes of at least 4 members (excludes halogenated alkanes) is 1. The van der Waals surface area contributed by atoms with Gasteiger partial charge in [0.15, 0.2) is 0 Å². The Morgan fingerprint density at radius 1 is 1.14 bits per heavy atom. The van der Waals surface area contributed by atoms with E-state index in [1.54, 1.807) is 11.3 Å². The van der Waals surface area contributed by atoms with Gasteiger partial charge in [-0.25, -0.2) is 4.98 Å². The first-order valence-corrected chi connectivity index (χ1v) is 11.5. The average Bonchev–Trinajstić information content (AvgIpc) is 3.17. The fourth-order valence-corrected chi connectivity index (χ4v) is 4.54. The summed E-state index contributed by atoms with van der Waals surface area (Å²) in [4.78, 5) is 31.2. The van der Waals surface area contributed by atoms with Crippen molar-refractivity contribution in [1.29, 1.82) is 0 Å². The summed E-state index contributed by atoms with van der Waals surface area (Å²) in [6.45, 7) is 4.12. The molecule has 0 radical (unpaired) electrons. The summed E-state index contributed by atoms with van der Waals surface area (Å²) >= 11 is 1.71. The number of carbonyl (C=O) groups is 2. The number of thiazole rings is 1. The molecule has 29 heavy (non-hydrogen) atoms. The first kappa shape index (κ1) is 21.5. The van der Waals surface area contributed by atoms with E-state index in [9.17, 15) is 9.59 Å². The van der Waals surface area contributed by atoms with E-state index < -0.39 is 0 Å². The van der Waals surface area contributed by atoms with Gasteiger partial charge in [-0.2, -0.15) is 0 Å². The lowest BCUT2D eigenvalue weighted by molar-refractivity contribution is -0.135. The van der Waals surface area contributed by atoms with Gasteiger partial charge in [0.1, 0.15) is 0 Å². The first-order chi connectivity index (χ1) is 14.1. The van der Waals surface area contributed by atoms with E-state index >= 15 is 0 Å². The predicted molar refractivity (Wildman–Crippen MR) is 117 cm³/mol. The van der Waals surface area contributed by atoms with Gasteiger partial charge < -0.3 is 10.2 Å². The highest BCUT2D eigenvalue weighted by Crippen LogP contribution is 2.19. The Bertz CT molecular complexity index is 782. The lowest BCUT2D eigenvalue weighted by Gasteiger charge is -2.31. The normalized spacial score (nSPS) is 14.7. The second-order valence-corrected chi connectivity index (χ2v) is 8.71. The molecule has 0 unspecified atom stereocenters. The predicted octanol–water partition coefficient (Wildman–Crippen LogP) is 3.76. The molecule has 0 spiro atoms. The molecule has 2 heterocycles. The van der Waals surface area contributed by atoms with Crippen LogP contribution >= 0.6 is 11.3 Å². The molecule has 1 aromatic carbocycles. The average molecular weight is 414 g/mol. The van der Waals surface area contributed by atoms with Crippen LogP contribution in [0.3, 0.4) is 0 Å². The van der Waals surface area contributed by atoms with Crippen LogP contribution in [0.15, 0.2) is 35.7 Å². The number of likely N-dealkylation sites (tertiary alicyclic amines) is 1. The maximum absolute atomic E-state index is 12.4. The molecule has 1 aliphatic heterocycles. The molecule has 3 rings (SSSR count). The highest BCUT2D eigenvalue weighted by molar-refractivity contribution is 7.09. The third-order valence-corrected chi connectivity index (χ3v) is 6.50. The van der Waals surface area contributed by atoms with E-state index in [2.05, 4.69) is 27.8 Å². The van der Waals surface area contributed by atoms with Crippen molar-refractivity contribution in [1.82, 2.24) is 15.2 Å². The molecule has 1 aromatic heterocycles. The van der Waals surface area contributed by atoms with E-state index in [-0.39, 0.29) is 17.7 Å². The largest absolute Gasteiger partial charge is 0.356 e. The quantitative estimate of drug-likeness (QED) is 0.637. The molecule has 1 fully saturated rings. The zero-order valence-corrected chi connectivity index (χ0v) is 18.0. The number of amides is 2. The smallest absolute Gasteiger partial charge is 0.223 e. The number of nitrogens with zero attached hydrogens (tertiary/aromatic N) is 2. The third-order valence-electron chi connectivity index (χ3n) is 5.47. The van der Waals surface area contributed by atoms with Crippen molar-refractivity contribution in [3.05, 3.63) is 52.0 Å². The zero-order chi connectivity index (χ0) is 20.5. The summed E-state index contributed by atoms with van der Waals surface area (Å²) in [5.74, 6) is 0.381. The van der Waals surface area contributed by atoms with Gasteiger partial charge in [0.25, 0.3) is 0 Å². The molecular weight excluding hydrogens is 382 g/mol. The van der Waals surface area contributed by atoms with E-state index in [0.29, 0.717) is 19.5 Å². The van der Waals surface area contributed by atoms with Gasteiger partial charge in [-0.1, -0.05) is 30.3 Å². The maximum atomic E-state index is 12.4. The number of nitrogens with one attached hydrogen (secondary N) is 1. The molecule has 1 N–H and O–H groups in total. The van der Waals surface area contributed by atoms with E-state index in [1.807, 2.05) is 30.0 Å². The number of hydrogen-bond donors (Lipinski definition) is 1. The molecule has 0 bridgehead atoms. The number of aromatic nitrogens is 1. The van der Waals surface area contributed by atoms with Crippen LogP contribution in [0, 0.1) is 12.8 Å². The van der Waals surface area contributed by atoms with Crippen LogP contribution in [-0.4, -0.2) is 41.3 Å². The van der Waals surface area contributed by atoms with Crippen LogP contribution in [0.25, 0.3) is 0 Å². The molecule has 1 aliphatic rings. The number of benzene rings is 1. The van der Waals surface area contributed by atoms with Crippen LogP contribution in [-0.2, 0) is 22.4 Å². The van der Waals surface area contributed by atoms with Crippen LogP contribution in [0.1, 0.15) is 48.4 Å². The Morgan fingerprint density at radius 3 is 2.59 bits per heavy atom. The van der Waals surface area contributed by atoms with E-state index in [4.69, 9.17) is 0 Å². The van der Waals surface area contributed by atoms with Crippen molar-refractivity contribution in [2.75, 3.05) is 19.6 Å². The molecule has 0 saturated carbocycles. The molecule has 156 valence electrons. The Morgan fingerprint density at radius 2 is 1.90 bits per heavy atom. The van der Waals surface area contributed by atoms with Crippen LogP contribution < -0.4 is 5.32 Å². The summed E-state index contributed by atoms with van der Waals surface area (Å²) in [6.07, 6.45) is 5.85. The van der Waals surface area contributed by atoms with Crippen LogP contribution in [0.5, 0.6) is 0 Å². The second kappa shape index (κ2) is 11.1. The van der Waals surface area contributed by atoms with Gasteiger partial charge in [0, 0.05) is 43.0 Å². The topological polar surface area (TPSA) is 62.3 Å². The van der Waals surface area contributed by atoms with Gasteiger partial charge in [0.05, 0.1) is 5.01 Å². The summed E-state index contributed by atoms with van der Waals surface area (Å²) in [7, 11) is 0. The number of carbonyl (C=O) groups excluding carboxylic acids is 2. The Kier molecular flexibility index (Phi) is 8.23. The minimum absolute atomic E-state index is 0.0368. The zero-order valence-electron chi connectivity index (χ0n) is 17.2. The molecule has 5 nitrogen and oxygen atoms in total. The Labute approximate surface area is 177 Å². The highest BCUT2D eigenvalue weighted by Gasteiger charge is 2.26. The van der Waals surface area contributed by atoms with Gasteiger partial charge in [-0.3, -0.25) is 9.59 Å². The number of piperidine rings is 1. The second-order valence-electron chi connectivity index (χ2n) is 7.77. The van der Waals surface area contributed by atoms with Crippen LogP contribution in [0.2, 0.25) is 0 Å².